The van der Waals surface area contributed by atoms with Crippen molar-refractivity contribution in [3.8, 4) is 0 Å². The van der Waals surface area contributed by atoms with E-state index in [1.54, 1.807) is 0 Å². The molecule has 2 aromatic heterocycles. The summed E-state index contributed by atoms with van der Waals surface area (Å²) < 4.78 is 55.6. The van der Waals surface area contributed by atoms with Gasteiger partial charge in [-0.05, 0) is 24.4 Å². The second-order valence-electron chi connectivity index (χ2n) is 5.69. The Hall–Kier alpha value is -1.32. The molecule has 0 saturated carbocycles. The summed E-state index contributed by atoms with van der Waals surface area (Å²) in [6, 6.07) is 0. The summed E-state index contributed by atoms with van der Waals surface area (Å²) in [7, 11) is 1.51. The third kappa shape index (κ3) is 3.68. The zero-order valence-corrected chi connectivity index (χ0v) is 14.3. The summed E-state index contributed by atoms with van der Waals surface area (Å²) in [6.07, 6.45) is -0.668. The van der Waals surface area contributed by atoms with Crippen molar-refractivity contribution in [2.75, 3.05) is 13.7 Å². The van der Waals surface area contributed by atoms with E-state index in [-0.39, 0.29) is 43.4 Å². The molecule has 0 radical (unpaired) electrons. The van der Waals surface area contributed by atoms with Crippen molar-refractivity contribution in [2.24, 2.45) is 5.92 Å². The number of imidazole rings is 1. The number of amides is 1. The van der Waals surface area contributed by atoms with Gasteiger partial charge in [0.2, 0.25) is 10.9 Å². The van der Waals surface area contributed by atoms with E-state index in [4.69, 9.17) is 20.5 Å². The molecule has 1 aliphatic heterocycles. The number of nitrogens with zero attached hydrogens (tertiary/aromatic N) is 4. The summed E-state index contributed by atoms with van der Waals surface area (Å²) in [6.45, 7) is -2.25. The molecule has 6 nitrogen and oxygen atoms in total. The van der Waals surface area contributed by atoms with Crippen LogP contribution in [0.5, 0.6) is 0 Å². The van der Waals surface area contributed by atoms with Crippen LogP contribution in [0, 0.1) is 12.8 Å². The number of ether oxygens (including phenoxy) is 1. The van der Waals surface area contributed by atoms with Gasteiger partial charge in [0.15, 0.2) is 0 Å². The largest absolute Gasteiger partial charge is 0.377 e. The second kappa shape index (κ2) is 6.53. The van der Waals surface area contributed by atoms with E-state index >= 15 is 0 Å². The number of halogens is 3. The van der Waals surface area contributed by atoms with Crippen LogP contribution >= 0.6 is 22.9 Å². The monoisotopic (exact) mass is 381 g/mol. The van der Waals surface area contributed by atoms with Gasteiger partial charge in [-0.3, -0.25) is 4.79 Å². The highest BCUT2D eigenvalue weighted by Crippen LogP contribution is 2.33. The van der Waals surface area contributed by atoms with Crippen molar-refractivity contribution < 1.29 is 22.4 Å². The van der Waals surface area contributed by atoms with Crippen molar-refractivity contribution in [3.05, 3.63) is 16.4 Å². The standard InChI is InChI=1S/C14H17ClF2N4O2S/c1-8-10(21-13(18-8)24-11(19-21)7-23-2)6-20-5-9(3-12(20)22)4-14(15,16)17/h9H,3-7H2,1-2H3/t9-/m1/s1/i1D3. The summed E-state index contributed by atoms with van der Waals surface area (Å²) in [5.41, 5.74) is 0.0966. The number of carbonyl (C=O) groups is 1. The molecular weight excluding hydrogens is 362 g/mol. The Balaban J connectivity index is 1.89. The van der Waals surface area contributed by atoms with Crippen LogP contribution in [0.25, 0.3) is 4.96 Å². The van der Waals surface area contributed by atoms with Gasteiger partial charge in [0.25, 0.3) is 0 Å². The van der Waals surface area contributed by atoms with Crippen LogP contribution in [0.15, 0.2) is 0 Å². The van der Waals surface area contributed by atoms with E-state index in [1.807, 2.05) is 0 Å². The van der Waals surface area contributed by atoms with Crippen LogP contribution in [0.3, 0.4) is 0 Å². The zero-order chi connectivity index (χ0) is 20.0. The number of alkyl halides is 3. The number of likely N-dealkylation sites (tertiary alicyclic amines) is 1. The second-order valence-corrected chi connectivity index (χ2v) is 7.29. The van der Waals surface area contributed by atoms with E-state index in [0.29, 0.717) is 9.97 Å². The minimum atomic E-state index is -3.38. The lowest BCUT2D eigenvalue weighted by atomic mass is 10.1. The van der Waals surface area contributed by atoms with Gasteiger partial charge in [0.05, 0.1) is 24.5 Å². The Kier molecular flexibility index (Phi) is 3.79. The average molecular weight is 382 g/mol. The first-order valence-electron chi connectivity index (χ1n) is 8.69. The lowest BCUT2D eigenvalue weighted by Gasteiger charge is -2.17. The number of aromatic nitrogens is 3. The first-order chi connectivity index (χ1) is 12.5. The first-order valence-corrected chi connectivity index (χ1v) is 8.38. The quantitative estimate of drug-likeness (QED) is 0.722. The van der Waals surface area contributed by atoms with E-state index < -0.39 is 24.6 Å². The molecule has 1 amide bonds. The van der Waals surface area contributed by atoms with Crippen LogP contribution in [-0.4, -0.2) is 44.4 Å². The van der Waals surface area contributed by atoms with Gasteiger partial charge in [-0.25, -0.2) is 9.50 Å². The molecule has 132 valence electrons. The van der Waals surface area contributed by atoms with Crippen LogP contribution < -0.4 is 0 Å². The summed E-state index contributed by atoms with van der Waals surface area (Å²) >= 11 is 6.16. The molecule has 0 bridgehead atoms. The van der Waals surface area contributed by atoms with Gasteiger partial charge in [-0.15, -0.1) is 0 Å². The Bertz CT molecular complexity index is 852. The van der Waals surface area contributed by atoms with Crippen LogP contribution in [-0.2, 0) is 22.7 Å². The number of rotatable bonds is 6. The summed E-state index contributed by atoms with van der Waals surface area (Å²) in [4.78, 5) is 18.1. The molecule has 0 aromatic carbocycles. The molecule has 1 aliphatic rings. The van der Waals surface area contributed by atoms with Gasteiger partial charge in [0, 0.05) is 30.6 Å². The molecule has 3 heterocycles. The molecule has 0 spiro atoms. The van der Waals surface area contributed by atoms with Crippen LogP contribution in [0.2, 0.25) is 0 Å². The maximum Gasteiger partial charge on any atom is 0.322 e. The van der Waals surface area contributed by atoms with Crippen molar-refractivity contribution in [2.45, 2.75) is 38.2 Å². The lowest BCUT2D eigenvalue weighted by molar-refractivity contribution is -0.128. The fourth-order valence-corrected chi connectivity index (χ4v) is 3.91. The van der Waals surface area contributed by atoms with Gasteiger partial charge >= 0.3 is 5.38 Å². The molecule has 0 unspecified atom stereocenters. The predicted molar refractivity (Wildman–Crippen MR) is 85.3 cm³/mol. The Morgan fingerprint density at radius 3 is 3.04 bits per heavy atom. The highest BCUT2D eigenvalue weighted by Gasteiger charge is 2.37. The van der Waals surface area contributed by atoms with E-state index in [1.165, 1.54) is 27.9 Å². The SMILES string of the molecule is [2H]C([2H])([2H])c1nc2sc(COC)nn2c1CN1C[C@@H](CC(F)(F)Cl)CC1=O. The molecule has 3 rings (SSSR count). The Morgan fingerprint density at radius 1 is 1.58 bits per heavy atom. The summed E-state index contributed by atoms with van der Waals surface area (Å²) in [5.74, 6) is -0.927. The lowest BCUT2D eigenvalue weighted by Crippen LogP contribution is -2.26. The maximum atomic E-state index is 13.0. The fourth-order valence-electron chi connectivity index (χ4n) is 2.81. The third-order valence-electron chi connectivity index (χ3n) is 3.76. The molecule has 1 saturated heterocycles. The fraction of sp³-hybridized carbons (Fsp3) is 0.643. The van der Waals surface area contributed by atoms with Gasteiger partial charge < -0.3 is 9.64 Å². The number of hydrogen-bond acceptors (Lipinski definition) is 5. The Morgan fingerprint density at radius 2 is 2.38 bits per heavy atom. The maximum absolute atomic E-state index is 13.0. The highest BCUT2D eigenvalue weighted by molar-refractivity contribution is 7.16. The average Bonchev–Trinajstić information content (AvgIpc) is 3.12. The molecule has 2 aromatic rings. The van der Waals surface area contributed by atoms with E-state index in [9.17, 15) is 13.6 Å². The van der Waals surface area contributed by atoms with E-state index in [2.05, 4.69) is 10.1 Å². The number of carbonyl (C=O) groups excluding carboxylic acids is 1. The van der Waals surface area contributed by atoms with Crippen LogP contribution in [0.4, 0.5) is 8.78 Å². The van der Waals surface area contributed by atoms with E-state index in [0.717, 1.165) is 0 Å². The number of fused-ring (bicyclic) bond motifs is 1. The van der Waals surface area contributed by atoms with Gasteiger partial charge in [-0.1, -0.05) is 11.3 Å². The minimum Gasteiger partial charge on any atom is -0.377 e. The third-order valence-corrected chi connectivity index (χ3v) is 4.80. The topological polar surface area (TPSA) is 59.7 Å². The van der Waals surface area contributed by atoms with Crippen molar-refractivity contribution in [1.29, 1.82) is 0 Å². The van der Waals surface area contributed by atoms with Gasteiger partial charge in [0.1, 0.15) is 5.01 Å². The molecule has 0 N–H and O–H groups in total. The molecular formula is C14H17ClF2N4O2S. The van der Waals surface area contributed by atoms with Gasteiger partial charge in [-0.2, -0.15) is 13.9 Å². The highest BCUT2D eigenvalue weighted by atomic mass is 35.5. The number of hydrogen-bond donors (Lipinski definition) is 0. The molecule has 0 aliphatic carbocycles. The number of methoxy groups -OCH3 is 1. The molecule has 1 atom stereocenters. The molecule has 1 fully saturated rings. The van der Waals surface area contributed by atoms with Crippen LogP contribution in [0.1, 0.15) is 33.3 Å². The number of aryl methyl sites for hydroxylation is 1. The minimum absolute atomic E-state index is 0.0562. The smallest absolute Gasteiger partial charge is 0.322 e. The summed E-state index contributed by atoms with van der Waals surface area (Å²) in [5, 5.41) is 1.53. The van der Waals surface area contributed by atoms with Crippen molar-refractivity contribution in [3.63, 3.8) is 0 Å². The van der Waals surface area contributed by atoms with Crippen molar-refractivity contribution >= 4 is 33.8 Å². The van der Waals surface area contributed by atoms with Crippen molar-refractivity contribution in [1.82, 2.24) is 19.5 Å². The normalized spacial score (nSPS) is 21.3. The Labute approximate surface area is 150 Å². The first kappa shape index (κ1) is 13.9. The predicted octanol–water partition coefficient (Wildman–Crippen LogP) is 2.82. The molecule has 24 heavy (non-hydrogen) atoms. The zero-order valence-electron chi connectivity index (χ0n) is 15.8. The molecule has 10 heteroatoms.